The van der Waals surface area contributed by atoms with Crippen molar-refractivity contribution in [2.45, 2.75) is 19.4 Å². The van der Waals surface area contributed by atoms with Gasteiger partial charge < -0.3 is 9.64 Å². The van der Waals surface area contributed by atoms with E-state index in [0.717, 1.165) is 21.3 Å². The molecule has 0 N–H and O–H groups in total. The van der Waals surface area contributed by atoms with Crippen LogP contribution in [0.3, 0.4) is 0 Å². The Bertz CT molecular complexity index is 640. The number of halogens is 1. The fraction of sp³-hybridized carbons (Fsp3) is 0.278. The van der Waals surface area contributed by atoms with Crippen molar-refractivity contribution in [1.29, 1.82) is 0 Å². The SMILES string of the molecule is COc1ccccc1C(C)N(C)C(=O)Cc1ccc(Br)cc1. The Morgan fingerprint density at radius 3 is 2.45 bits per heavy atom. The first-order valence-electron chi connectivity index (χ1n) is 7.16. The van der Waals surface area contributed by atoms with E-state index < -0.39 is 0 Å². The summed E-state index contributed by atoms with van der Waals surface area (Å²) in [7, 11) is 3.48. The van der Waals surface area contributed by atoms with Gasteiger partial charge in [-0.2, -0.15) is 0 Å². The number of methoxy groups -OCH3 is 1. The van der Waals surface area contributed by atoms with E-state index in [1.807, 2.05) is 62.5 Å². The van der Waals surface area contributed by atoms with Crippen molar-refractivity contribution in [3.8, 4) is 5.75 Å². The van der Waals surface area contributed by atoms with E-state index in [4.69, 9.17) is 4.74 Å². The van der Waals surface area contributed by atoms with Crippen molar-refractivity contribution in [2.24, 2.45) is 0 Å². The largest absolute Gasteiger partial charge is 0.496 e. The van der Waals surface area contributed by atoms with E-state index in [2.05, 4.69) is 15.9 Å². The standard InChI is InChI=1S/C18H20BrNO2/c1-13(16-6-4-5-7-17(16)22-3)20(2)18(21)12-14-8-10-15(19)11-9-14/h4-11,13H,12H2,1-3H3. The van der Waals surface area contributed by atoms with Gasteiger partial charge in [-0.1, -0.05) is 46.3 Å². The minimum absolute atomic E-state index is 0.0425. The molecule has 1 amide bonds. The third kappa shape index (κ3) is 3.89. The lowest BCUT2D eigenvalue weighted by molar-refractivity contribution is -0.131. The van der Waals surface area contributed by atoms with Gasteiger partial charge in [0.15, 0.2) is 0 Å². The summed E-state index contributed by atoms with van der Waals surface area (Å²) >= 11 is 3.40. The number of carbonyl (C=O) groups is 1. The Hall–Kier alpha value is -1.81. The van der Waals surface area contributed by atoms with Gasteiger partial charge >= 0.3 is 0 Å². The molecule has 2 aromatic carbocycles. The molecule has 1 atom stereocenters. The number of para-hydroxylation sites is 1. The van der Waals surface area contributed by atoms with E-state index in [0.29, 0.717) is 6.42 Å². The minimum Gasteiger partial charge on any atom is -0.496 e. The predicted molar refractivity (Wildman–Crippen MR) is 92.0 cm³/mol. The molecule has 2 aromatic rings. The average Bonchev–Trinajstić information content (AvgIpc) is 2.55. The smallest absolute Gasteiger partial charge is 0.227 e. The fourth-order valence-electron chi connectivity index (χ4n) is 2.34. The van der Waals surface area contributed by atoms with E-state index in [1.54, 1.807) is 12.0 Å². The maximum absolute atomic E-state index is 12.5. The molecule has 0 spiro atoms. The van der Waals surface area contributed by atoms with Crippen LogP contribution in [0.1, 0.15) is 24.1 Å². The predicted octanol–water partition coefficient (Wildman–Crippen LogP) is 4.22. The highest BCUT2D eigenvalue weighted by atomic mass is 79.9. The highest BCUT2D eigenvalue weighted by molar-refractivity contribution is 9.10. The Morgan fingerprint density at radius 1 is 1.18 bits per heavy atom. The van der Waals surface area contributed by atoms with Crippen LogP contribution < -0.4 is 4.74 Å². The van der Waals surface area contributed by atoms with Crippen molar-refractivity contribution in [1.82, 2.24) is 4.90 Å². The number of ether oxygens (including phenoxy) is 1. The molecule has 0 aliphatic heterocycles. The van der Waals surface area contributed by atoms with Crippen molar-refractivity contribution in [3.63, 3.8) is 0 Å². The first kappa shape index (κ1) is 16.6. The summed E-state index contributed by atoms with van der Waals surface area (Å²) in [5.74, 6) is 0.888. The minimum atomic E-state index is -0.0425. The summed E-state index contributed by atoms with van der Waals surface area (Å²) in [4.78, 5) is 14.2. The van der Waals surface area contributed by atoms with Crippen molar-refractivity contribution in [3.05, 3.63) is 64.1 Å². The van der Waals surface area contributed by atoms with Gasteiger partial charge in [0.05, 0.1) is 19.6 Å². The van der Waals surface area contributed by atoms with E-state index in [-0.39, 0.29) is 11.9 Å². The van der Waals surface area contributed by atoms with Crippen LogP contribution in [-0.2, 0) is 11.2 Å². The van der Waals surface area contributed by atoms with Crippen LogP contribution in [0.5, 0.6) is 5.75 Å². The molecule has 2 rings (SSSR count). The molecule has 0 bridgehead atoms. The van der Waals surface area contributed by atoms with Crippen molar-refractivity contribution in [2.75, 3.05) is 14.2 Å². The maximum Gasteiger partial charge on any atom is 0.227 e. The van der Waals surface area contributed by atoms with Crippen LogP contribution in [0.15, 0.2) is 53.0 Å². The van der Waals surface area contributed by atoms with E-state index in [1.165, 1.54) is 0 Å². The summed E-state index contributed by atoms with van der Waals surface area (Å²) in [6.07, 6.45) is 0.392. The van der Waals surface area contributed by atoms with Gasteiger partial charge in [-0.05, 0) is 30.7 Å². The second-order valence-corrected chi connectivity index (χ2v) is 6.14. The summed E-state index contributed by atoms with van der Waals surface area (Å²) in [6, 6.07) is 15.6. The summed E-state index contributed by atoms with van der Waals surface area (Å²) in [5.41, 5.74) is 2.02. The number of nitrogens with zero attached hydrogens (tertiary/aromatic N) is 1. The lowest BCUT2D eigenvalue weighted by Gasteiger charge is -2.26. The highest BCUT2D eigenvalue weighted by Crippen LogP contribution is 2.28. The molecule has 0 aromatic heterocycles. The Kier molecular flexibility index (Phi) is 5.61. The van der Waals surface area contributed by atoms with Crippen LogP contribution in [0.2, 0.25) is 0 Å². The Balaban J connectivity index is 2.11. The van der Waals surface area contributed by atoms with Gasteiger partial charge in [-0.3, -0.25) is 4.79 Å². The molecule has 0 radical (unpaired) electrons. The molecule has 0 saturated heterocycles. The first-order chi connectivity index (χ1) is 10.5. The number of carbonyl (C=O) groups excluding carboxylic acids is 1. The maximum atomic E-state index is 12.5. The van der Waals surface area contributed by atoms with Crippen LogP contribution in [0.25, 0.3) is 0 Å². The lowest BCUT2D eigenvalue weighted by atomic mass is 10.0. The molecule has 1 unspecified atom stereocenters. The molecule has 0 aliphatic rings. The van der Waals surface area contributed by atoms with Crippen molar-refractivity contribution < 1.29 is 9.53 Å². The molecule has 4 heteroatoms. The molecule has 3 nitrogen and oxygen atoms in total. The molecule has 0 aliphatic carbocycles. The zero-order valence-electron chi connectivity index (χ0n) is 13.0. The summed E-state index contributed by atoms with van der Waals surface area (Å²) in [5, 5.41) is 0. The number of benzene rings is 2. The highest BCUT2D eigenvalue weighted by Gasteiger charge is 2.20. The van der Waals surface area contributed by atoms with Gasteiger partial charge in [-0.15, -0.1) is 0 Å². The second-order valence-electron chi connectivity index (χ2n) is 5.23. The molecule has 22 heavy (non-hydrogen) atoms. The zero-order chi connectivity index (χ0) is 16.1. The van der Waals surface area contributed by atoms with Crippen LogP contribution in [0, 0.1) is 0 Å². The average molecular weight is 362 g/mol. The zero-order valence-corrected chi connectivity index (χ0v) is 14.6. The van der Waals surface area contributed by atoms with Gasteiger partial charge in [-0.25, -0.2) is 0 Å². The van der Waals surface area contributed by atoms with Crippen LogP contribution in [0.4, 0.5) is 0 Å². The normalized spacial score (nSPS) is 11.8. The first-order valence-corrected chi connectivity index (χ1v) is 7.95. The van der Waals surface area contributed by atoms with Gasteiger partial charge in [0.2, 0.25) is 5.91 Å². The molecule has 116 valence electrons. The lowest BCUT2D eigenvalue weighted by Crippen LogP contribution is -2.31. The quantitative estimate of drug-likeness (QED) is 0.797. The monoisotopic (exact) mass is 361 g/mol. The summed E-state index contributed by atoms with van der Waals surface area (Å²) in [6.45, 7) is 2.01. The topological polar surface area (TPSA) is 29.5 Å². The molecular weight excluding hydrogens is 342 g/mol. The van der Waals surface area contributed by atoms with Crippen LogP contribution >= 0.6 is 15.9 Å². The van der Waals surface area contributed by atoms with E-state index in [9.17, 15) is 4.79 Å². The van der Waals surface area contributed by atoms with Gasteiger partial charge in [0.1, 0.15) is 5.75 Å². The van der Waals surface area contributed by atoms with Crippen molar-refractivity contribution >= 4 is 21.8 Å². The fourth-order valence-corrected chi connectivity index (χ4v) is 2.60. The van der Waals surface area contributed by atoms with Crippen LogP contribution in [-0.4, -0.2) is 25.0 Å². The van der Waals surface area contributed by atoms with Gasteiger partial charge in [0, 0.05) is 17.1 Å². The number of hydrogen-bond acceptors (Lipinski definition) is 2. The molecule has 0 fully saturated rings. The van der Waals surface area contributed by atoms with E-state index >= 15 is 0 Å². The molecular formula is C18H20BrNO2. The molecule has 0 heterocycles. The number of rotatable bonds is 5. The second kappa shape index (κ2) is 7.45. The number of likely N-dealkylation sites (N-methyl/N-ethyl adjacent to an activating group) is 1. The molecule has 0 saturated carbocycles. The number of hydrogen-bond donors (Lipinski definition) is 0. The third-order valence-corrected chi connectivity index (χ3v) is 4.36. The third-order valence-electron chi connectivity index (χ3n) is 3.83. The Morgan fingerprint density at radius 2 is 1.82 bits per heavy atom. The summed E-state index contributed by atoms with van der Waals surface area (Å²) < 4.78 is 6.40. The number of amides is 1. The van der Waals surface area contributed by atoms with Gasteiger partial charge in [0.25, 0.3) is 0 Å². The Labute approximate surface area is 140 Å².